The molecule has 0 radical (unpaired) electrons. The van der Waals surface area contributed by atoms with Crippen LogP contribution in [0.4, 0.5) is 5.69 Å². The van der Waals surface area contributed by atoms with E-state index >= 15 is 0 Å². The van der Waals surface area contributed by atoms with E-state index in [0.29, 0.717) is 6.04 Å². The van der Waals surface area contributed by atoms with Crippen molar-refractivity contribution in [3.8, 4) is 0 Å². The Balaban J connectivity index is 1.26. The Morgan fingerprint density at radius 2 is 1.88 bits per heavy atom. The molecular weight excluding hydrogens is 322 g/mol. The molecule has 1 aromatic carbocycles. The third kappa shape index (κ3) is 3.90. The van der Waals surface area contributed by atoms with Crippen LogP contribution in [-0.2, 0) is 11.2 Å². The largest absolute Gasteiger partial charge is 0.373 e. The van der Waals surface area contributed by atoms with Crippen LogP contribution < -0.4 is 16.0 Å². The van der Waals surface area contributed by atoms with Gasteiger partial charge >= 0.3 is 0 Å². The number of carbonyl (C=O) groups excluding carboxylic acids is 1. The molecule has 1 saturated carbocycles. The fourth-order valence-electron chi connectivity index (χ4n) is 5.13. The van der Waals surface area contributed by atoms with Crippen molar-refractivity contribution in [3.05, 3.63) is 29.3 Å². The van der Waals surface area contributed by atoms with E-state index in [2.05, 4.69) is 41.1 Å². The van der Waals surface area contributed by atoms with Gasteiger partial charge in [-0.2, -0.15) is 0 Å². The second kappa shape index (κ2) is 7.99. The predicted octanol–water partition coefficient (Wildman–Crippen LogP) is 3.54. The van der Waals surface area contributed by atoms with Crippen molar-refractivity contribution in [2.75, 3.05) is 11.9 Å². The number of carbonyl (C=O) groups is 1. The molecule has 4 heteroatoms. The summed E-state index contributed by atoms with van der Waals surface area (Å²) in [5.41, 5.74) is 3.64. The first-order valence-corrected chi connectivity index (χ1v) is 10.6. The number of para-hydroxylation sites is 1. The molecule has 3 unspecified atom stereocenters. The maximum atomic E-state index is 12.7. The molecule has 2 heterocycles. The molecule has 0 bridgehead atoms. The Kier molecular flexibility index (Phi) is 5.49. The van der Waals surface area contributed by atoms with Crippen molar-refractivity contribution in [2.24, 2.45) is 5.92 Å². The summed E-state index contributed by atoms with van der Waals surface area (Å²) in [6.45, 7) is 3.02. The highest BCUT2D eigenvalue weighted by Gasteiger charge is 2.31. The molecule has 26 heavy (non-hydrogen) atoms. The topological polar surface area (TPSA) is 53.2 Å². The molecule has 1 aliphatic carbocycles. The van der Waals surface area contributed by atoms with Gasteiger partial charge in [0, 0.05) is 30.7 Å². The lowest BCUT2D eigenvalue weighted by atomic mass is 9.85. The molecule has 1 amide bonds. The van der Waals surface area contributed by atoms with Crippen LogP contribution in [0.25, 0.3) is 0 Å². The Labute approximate surface area is 157 Å². The summed E-state index contributed by atoms with van der Waals surface area (Å²) in [7, 11) is 0. The number of hydrogen-bond acceptors (Lipinski definition) is 3. The number of nitrogens with one attached hydrogen (secondary N) is 3. The second-order valence-electron chi connectivity index (χ2n) is 8.56. The van der Waals surface area contributed by atoms with Gasteiger partial charge in [0.05, 0.1) is 0 Å². The molecule has 142 valence electrons. The Hall–Kier alpha value is -1.55. The molecule has 0 aromatic heterocycles. The minimum Gasteiger partial charge on any atom is -0.373 e. The molecule has 4 nitrogen and oxygen atoms in total. The Morgan fingerprint density at radius 1 is 1.08 bits per heavy atom. The van der Waals surface area contributed by atoms with E-state index in [1.807, 2.05) is 0 Å². The minimum absolute atomic E-state index is 0.120. The van der Waals surface area contributed by atoms with Gasteiger partial charge in [0.15, 0.2) is 0 Å². The van der Waals surface area contributed by atoms with Crippen LogP contribution in [0.5, 0.6) is 0 Å². The Morgan fingerprint density at radius 3 is 2.58 bits per heavy atom. The predicted molar refractivity (Wildman–Crippen MR) is 106 cm³/mol. The van der Waals surface area contributed by atoms with Gasteiger partial charge in [0.1, 0.15) is 6.04 Å². The summed E-state index contributed by atoms with van der Waals surface area (Å²) >= 11 is 0. The van der Waals surface area contributed by atoms with E-state index in [9.17, 15) is 4.79 Å². The SMILES string of the molecule is Cc1cccc2c1NC(C(=O)NC1CCC(C3CCCCCC3)NC1)C2. The molecule has 1 aromatic rings. The first-order valence-electron chi connectivity index (χ1n) is 10.6. The zero-order chi connectivity index (χ0) is 17.9. The van der Waals surface area contributed by atoms with Crippen LogP contribution in [0, 0.1) is 12.8 Å². The van der Waals surface area contributed by atoms with E-state index in [-0.39, 0.29) is 18.0 Å². The summed E-state index contributed by atoms with van der Waals surface area (Å²) in [6.07, 6.45) is 11.5. The first kappa shape index (κ1) is 17.8. The lowest BCUT2D eigenvalue weighted by molar-refractivity contribution is -0.122. The summed E-state index contributed by atoms with van der Waals surface area (Å²) in [5.74, 6) is 1.00. The zero-order valence-corrected chi connectivity index (χ0v) is 16.0. The minimum atomic E-state index is -0.120. The van der Waals surface area contributed by atoms with Crippen molar-refractivity contribution in [1.29, 1.82) is 0 Å². The van der Waals surface area contributed by atoms with Gasteiger partial charge < -0.3 is 16.0 Å². The lowest BCUT2D eigenvalue weighted by Crippen LogP contribution is -2.54. The summed E-state index contributed by atoms with van der Waals surface area (Å²) in [4.78, 5) is 12.7. The van der Waals surface area contributed by atoms with Crippen molar-refractivity contribution in [1.82, 2.24) is 10.6 Å². The van der Waals surface area contributed by atoms with Gasteiger partial charge in [-0.1, -0.05) is 43.9 Å². The highest BCUT2D eigenvalue weighted by Crippen LogP contribution is 2.30. The molecular formula is C22H33N3O. The van der Waals surface area contributed by atoms with Crippen molar-refractivity contribution >= 4 is 11.6 Å². The van der Waals surface area contributed by atoms with E-state index in [0.717, 1.165) is 31.0 Å². The highest BCUT2D eigenvalue weighted by atomic mass is 16.2. The fraction of sp³-hybridized carbons (Fsp3) is 0.682. The number of anilines is 1. The molecule has 2 aliphatic heterocycles. The second-order valence-corrected chi connectivity index (χ2v) is 8.56. The van der Waals surface area contributed by atoms with Gasteiger partial charge in [-0.15, -0.1) is 0 Å². The monoisotopic (exact) mass is 355 g/mol. The standard InChI is InChI=1S/C22H33N3O/c1-15-7-6-10-17-13-20(25-21(15)17)22(26)24-18-11-12-19(23-14-18)16-8-4-2-3-5-9-16/h6-7,10,16,18-20,23,25H,2-5,8-9,11-14H2,1H3,(H,24,26). The van der Waals surface area contributed by atoms with E-state index in [1.54, 1.807) is 0 Å². The van der Waals surface area contributed by atoms with Gasteiger partial charge in [0.25, 0.3) is 0 Å². The summed E-state index contributed by atoms with van der Waals surface area (Å²) in [5, 5.41) is 10.5. The summed E-state index contributed by atoms with van der Waals surface area (Å²) < 4.78 is 0. The van der Waals surface area contributed by atoms with E-state index in [4.69, 9.17) is 0 Å². The van der Waals surface area contributed by atoms with E-state index < -0.39 is 0 Å². The third-order valence-corrected chi connectivity index (χ3v) is 6.69. The molecule has 3 N–H and O–H groups in total. The van der Waals surface area contributed by atoms with Crippen LogP contribution >= 0.6 is 0 Å². The number of benzene rings is 1. The number of piperidine rings is 1. The fourth-order valence-corrected chi connectivity index (χ4v) is 5.13. The molecule has 3 atom stereocenters. The number of aryl methyl sites for hydroxylation is 1. The van der Waals surface area contributed by atoms with Crippen molar-refractivity contribution < 1.29 is 4.79 Å². The molecule has 1 saturated heterocycles. The van der Waals surface area contributed by atoms with Crippen LogP contribution in [0.2, 0.25) is 0 Å². The molecule has 2 fully saturated rings. The van der Waals surface area contributed by atoms with Crippen LogP contribution in [0.3, 0.4) is 0 Å². The number of amides is 1. The first-order chi connectivity index (χ1) is 12.7. The molecule has 3 aliphatic rings. The third-order valence-electron chi connectivity index (χ3n) is 6.69. The number of hydrogen-bond donors (Lipinski definition) is 3. The molecule has 4 rings (SSSR count). The van der Waals surface area contributed by atoms with Crippen LogP contribution in [-0.4, -0.2) is 30.6 Å². The maximum absolute atomic E-state index is 12.7. The van der Waals surface area contributed by atoms with Crippen molar-refractivity contribution in [2.45, 2.75) is 82.8 Å². The quantitative estimate of drug-likeness (QED) is 0.727. The van der Waals surface area contributed by atoms with E-state index in [1.165, 1.54) is 56.1 Å². The van der Waals surface area contributed by atoms with Crippen LogP contribution in [0.1, 0.15) is 62.5 Å². The average Bonchev–Trinajstić information content (AvgIpc) is 2.92. The number of fused-ring (bicyclic) bond motifs is 1. The number of rotatable bonds is 3. The molecule has 0 spiro atoms. The average molecular weight is 356 g/mol. The van der Waals surface area contributed by atoms with Gasteiger partial charge in [0.2, 0.25) is 5.91 Å². The zero-order valence-electron chi connectivity index (χ0n) is 16.0. The van der Waals surface area contributed by atoms with Crippen molar-refractivity contribution in [3.63, 3.8) is 0 Å². The normalized spacial score (nSPS) is 29.5. The maximum Gasteiger partial charge on any atom is 0.243 e. The van der Waals surface area contributed by atoms with Gasteiger partial charge in [-0.25, -0.2) is 0 Å². The van der Waals surface area contributed by atoms with Gasteiger partial charge in [-0.3, -0.25) is 4.79 Å². The smallest absolute Gasteiger partial charge is 0.243 e. The Bertz CT molecular complexity index is 628. The lowest BCUT2D eigenvalue weighted by Gasteiger charge is -2.35. The highest BCUT2D eigenvalue weighted by molar-refractivity contribution is 5.88. The van der Waals surface area contributed by atoms with Gasteiger partial charge in [-0.05, 0) is 49.7 Å². The van der Waals surface area contributed by atoms with Crippen LogP contribution in [0.15, 0.2) is 18.2 Å². The summed E-state index contributed by atoms with van der Waals surface area (Å²) in [6, 6.07) is 7.13.